The Morgan fingerprint density at radius 1 is 1.24 bits per heavy atom. The van der Waals surface area contributed by atoms with Crippen LogP contribution < -0.4 is 19.9 Å². The number of aliphatic hydroxyl groups is 1. The number of nitrogen functional groups attached to an aromatic ring is 1. The van der Waals surface area contributed by atoms with Crippen LogP contribution in [0.25, 0.3) is 0 Å². The molecule has 1 aromatic rings. The fraction of sp³-hybridized carbons (Fsp3) is 0.538. The molecular weight excluding hydrogens is 296 g/mol. The molecule has 0 amide bonds. The molecule has 0 bridgehead atoms. The van der Waals surface area contributed by atoms with Crippen LogP contribution in [0.4, 0.5) is 5.69 Å². The minimum Gasteiger partial charge on any atom is -0.495 e. The van der Waals surface area contributed by atoms with Crippen LogP contribution in [0.3, 0.4) is 0 Å². The van der Waals surface area contributed by atoms with Crippen molar-refractivity contribution in [2.24, 2.45) is 0 Å². The van der Waals surface area contributed by atoms with Gasteiger partial charge in [0.25, 0.3) is 0 Å². The third-order valence-corrected chi connectivity index (χ3v) is 4.94. The summed E-state index contributed by atoms with van der Waals surface area (Å²) in [6.45, 7) is 4.66. The normalized spacial score (nSPS) is 13.8. The van der Waals surface area contributed by atoms with Gasteiger partial charge >= 0.3 is 0 Å². The highest BCUT2D eigenvalue weighted by molar-refractivity contribution is 7.89. The second kappa shape index (κ2) is 6.08. The Hall–Kier alpha value is -1.51. The maximum Gasteiger partial charge on any atom is 0.244 e. The molecule has 0 heterocycles. The number of rotatable bonds is 6. The average Bonchev–Trinajstić information content (AvgIpc) is 2.37. The molecule has 120 valence electrons. The van der Waals surface area contributed by atoms with Gasteiger partial charge in [-0.05, 0) is 26.8 Å². The van der Waals surface area contributed by atoms with Crippen molar-refractivity contribution >= 4 is 15.7 Å². The molecule has 0 aliphatic heterocycles. The van der Waals surface area contributed by atoms with Crippen LogP contribution >= 0.6 is 0 Å². The van der Waals surface area contributed by atoms with E-state index in [0.29, 0.717) is 5.75 Å². The summed E-state index contributed by atoms with van der Waals surface area (Å²) >= 11 is 0. The zero-order valence-corrected chi connectivity index (χ0v) is 13.6. The highest BCUT2D eigenvalue weighted by Gasteiger charge is 2.32. The second-order valence-corrected chi connectivity index (χ2v) is 6.90. The summed E-state index contributed by atoms with van der Waals surface area (Å²) in [5.74, 6) is 0.426. The number of methoxy groups -OCH3 is 2. The lowest BCUT2D eigenvalue weighted by molar-refractivity contribution is 0.111. The molecule has 0 saturated carbocycles. The highest BCUT2D eigenvalue weighted by atomic mass is 32.2. The van der Waals surface area contributed by atoms with E-state index < -0.39 is 21.7 Å². The van der Waals surface area contributed by atoms with Crippen molar-refractivity contribution in [1.82, 2.24) is 4.72 Å². The summed E-state index contributed by atoms with van der Waals surface area (Å²) in [5, 5.41) is 9.65. The standard InChI is InChI=1S/C13H22N2O5S/c1-8(16)13(2,3)15-21(17,18)12-6-9(14)10(19-4)7-11(12)20-5/h6-8,15-16H,14H2,1-5H3. The largest absolute Gasteiger partial charge is 0.495 e. The van der Waals surface area contributed by atoms with Gasteiger partial charge in [0.05, 0.1) is 31.5 Å². The van der Waals surface area contributed by atoms with Gasteiger partial charge in [0.15, 0.2) is 0 Å². The minimum atomic E-state index is -3.92. The van der Waals surface area contributed by atoms with Crippen LogP contribution in [0.5, 0.6) is 11.5 Å². The number of ether oxygens (including phenoxy) is 2. The zero-order chi connectivity index (χ0) is 16.4. The minimum absolute atomic E-state index is 0.106. The molecule has 0 fully saturated rings. The molecule has 7 nitrogen and oxygen atoms in total. The first-order valence-electron chi connectivity index (χ1n) is 6.28. The molecule has 0 aliphatic carbocycles. The molecule has 0 aliphatic rings. The van der Waals surface area contributed by atoms with Gasteiger partial charge in [-0.1, -0.05) is 0 Å². The van der Waals surface area contributed by atoms with E-state index in [1.807, 2.05) is 0 Å². The van der Waals surface area contributed by atoms with Crippen molar-refractivity contribution in [1.29, 1.82) is 0 Å². The monoisotopic (exact) mass is 318 g/mol. The summed E-state index contributed by atoms with van der Waals surface area (Å²) in [6.07, 6.45) is -0.881. The molecule has 0 spiro atoms. The van der Waals surface area contributed by atoms with Gasteiger partial charge in [-0.3, -0.25) is 0 Å². The van der Waals surface area contributed by atoms with Gasteiger partial charge in [0, 0.05) is 6.07 Å². The fourth-order valence-corrected chi connectivity index (χ4v) is 3.25. The zero-order valence-electron chi connectivity index (χ0n) is 12.8. The van der Waals surface area contributed by atoms with E-state index in [0.717, 1.165) is 0 Å². The topological polar surface area (TPSA) is 111 Å². The molecule has 8 heteroatoms. The third-order valence-electron chi connectivity index (χ3n) is 3.25. The lowest BCUT2D eigenvalue weighted by Gasteiger charge is -2.29. The quantitative estimate of drug-likeness (QED) is 0.667. The molecule has 0 aromatic heterocycles. The Morgan fingerprint density at radius 2 is 1.76 bits per heavy atom. The van der Waals surface area contributed by atoms with Crippen molar-refractivity contribution in [3.05, 3.63) is 12.1 Å². The molecule has 1 unspecified atom stereocenters. The lowest BCUT2D eigenvalue weighted by Crippen LogP contribution is -2.50. The van der Waals surface area contributed by atoms with E-state index in [1.54, 1.807) is 13.8 Å². The Labute approximate surface area is 125 Å². The van der Waals surface area contributed by atoms with Gasteiger partial charge < -0.3 is 20.3 Å². The van der Waals surface area contributed by atoms with E-state index in [9.17, 15) is 13.5 Å². The number of sulfonamides is 1. The third kappa shape index (κ3) is 3.78. The summed E-state index contributed by atoms with van der Waals surface area (Å²) in [6, 6.07) is 2.66. The molecule has 1 atom stereocenters. The number of nitrogens with two attached hydrogens (primary N) is 1. The van der Waals surface area contributed by atoms with Crippen LogP contribution in [0, 0.1) is 0 Å². The van der Waals surface area contributed by atoms with Crippen LogP contribution in [-0.2, 0) is 10.0 Å². The summed E-state index contributed by atoms with van der Waals surface area (Å²) < 4.78 is 37.5. The van der Waals surface area contributed by atoms with Gasteiger partial charge in [-0.2, -0.15) is 0 Å². The predicted octanol–water partition coefficient (Wildman–Crippen LogP) is 0.724. The SMILES string of the molecule is COc1cc(OC)c(S(=O)(=O)NC(C)(C)C(C)O)cc1N. The molecule has 21 heavy (non-hydrogen) atoms. The van der Waals surface area contributed by atoms with Crippen molar-refractivity contribution in [3.63, 3.8) is 0 Å². The Morgan fingerprint density at radius 3 is 2.19 bits per heavy atom. The van der Waals surface area contributed by atoms with Crippen molar-refractivity contribution in [3.8, 4) is 11.5 Å². The first kappa shape index (κ1) is 17.5. The van der Waals surface area contributed by atoms with Gasteiger partial charge in [-0.25, -0.2) is 13.1 Å². The van der Waals surface area contributed by atoms with E-state index in [1.165, 1.54) is 33.3 Å². The van der Waals surface area contributed by atoms with Gasteiger partial charge in [0.1, 0.15) is 16.4 Å². The highest BCUT2D eigenvalue weighted by Crippen LogP contribution is 2.34. The molecule has 0 radical (unpaired) electrons. The maximum atomic E-state index is 12.5. The Kier molecular flexibility index (Phi) is 5.08. The number of nitrogens with one attached hydrogen (secondary N) is 1. The number of aliphatic hydroxyl groups excluding tert-OH is 1. The first-order chi connectivity index (χ1) is 9.55. The maximum absolute atomic E-state index is 12.5. The molecule has 0 saturated heterocycles. The van der Waals surface area contributed by atoms with E-state index in [2.05, 4.69) is 4.72 Å². The van der Waals surface area contributed by atoms with Gasteiger partial charge in [-0.15, -0.1) is 0 Å². The van der Waals surface area contributed by atoms with E-state index in [4.69, 9.17) is 15.2 Å². The number of benzene rings is 1. The lowest BCUT2D eigenvalue weighted by atomic mass is 10.0. The number of hydrogen-bond acceptors (Lipinski definition) is 6. The molecular formula is C13H22N2O5S. The van der Waals surface area contributed by atoms with Crippen molar-refractivity contribution in [2.75, 3.05) is 20.0 Å². The Balaban J connectivity index is 3.35. The van der Waals surface area contributed by atoms with Crippen molar-refractivity contribution in [2.45, 2.75) is 37.3 Å². The number of anilines is 1. The average molecular weight is 318 g/mol. The summed E-state index contributed by atoms with van der Waals surface area (Å²) in [5.41, 5.74) is 4.89. The van der Waals surface area contributed by atoms with Crippen LogP contribution in [0.1, 0.15) is 20.8 Å². The Bertz CT molecular complexity index is 611. The van der Waals surface area contributed by atoms with Crippen LogP contribution in [0.2, 0.25) is 0 Å². The van der Waals surface area contributed by atoms with Crippen LogP contribution in [0.15, 0.2) is 17.0 Å². The van der Waals surface area contributed by atoms with E-state index in [-0.39, 0.29) is 16.3 Å². The van der Waals surface area contributed by atoms with Crippen molar-refractivity contribution < 1.29 is 23.0 Å². The molecule has 1 rings (SSSR count). The predicted molar refractivity (Wildman–Crippen MR) is 80.0 cm³/mol. The molecule has 4 N–H and O–H groups in total. The second-order valence-electron chi connectivity index (χ2n) is 5.25. The first-order valence-corrected chi connectivity index (χ1v) is 7.77. The van der Waals surface area contributed by atoms with Crippen LogP contribution in [-0.4, -0.2) is 39.4 Å². The smallest absolute Gasteiger partial charge is 0.244 e. The number of hydrogen-bond donors (Lipinski definition) is 3. The summed E-state index contributed by atoms with van der Waals surface area (Å²) in [4.78, 5) is -0.114. The van der Waals surface area contributed by atoms with E-state index >= 15 is 0 Å². The van der Waals surface area contributed by atoms with Gasteiger partial charge in [0.2, 0.25) is 10.0 Å². The fourth-order valence-electron chi connectivity index (χ4n) is 1.59. The summed E-state index contributed by atoms with van der Waals surface area (Å²) in [7, 11) is -1.15. The molecule has 1 aromatic carbocycles.